The Morgan fingerprint density at radius 1 is 1.10 bits per heavy atom. The highest BCUT2D eigenvalue weighted by atomic mass is 16.2. The SMILES string of the molecule is CCCNC(=O)[C@H](C)NC(=O)CNC(=O)c1ccccc1. The molecule has 21 heavy (non-hydrogen) atoms. The fourth-order valence-electron chi connectivity index (χ4n) is 1.61. The molecule has 0 aliphatic carbocycles. The Kier molecular flexibility index (Phi) is 6.94. The van der Waals surface area contributed by atoms with E-state index in [1.165, 1.54) is 0 Å². The van der Waals surface area contributed by atoms with Crippen LogP contribution in [0.1, 0.15) is 30.6 Å². The number of benzene rings is 1. The first-order chi connectivity index (χ1) is 10.0. The summed E-state index contributed by atoms with van der Waals surface area (Å²) in [4.78, 5) is 35.0. The molecule has 114 valence electrons. The molecule has 6 heteroatoms. The summed E-state index contributed by atoms with van der Waals surface area (Å²) in [5.41, 5.74) is 0.485. The van der Waals surface area contributed by atoms with E-state index in [-0.39, 0.29) is 18.4 Å². The van der Waals surface area contributed by atoms with Crippen molar-refractivity contribution in [3.63, 3.8) is 0 Å². The Balaban J connectivity index is 2.34. The monoisotopic (exact) mass is 291 g/mol. The summed E-state index contributed by atoms with van der Waals surface area (Å²) in [5.74, 6) is -0.966. The first-order valence-electron chi connectivity index (χ1n) is 6.95. The molecule has 6 nitrogen and oxygen atoms in total. The average molecular weight is 291 g/mol. The first-order valence-corrected chi connectivity index (χ1v) is 6.95. The van der Waals surface area contributed by atoms with Crippen molar-refractivity contribution in [2.24, 2.45) is 0 Å². The topological polar surface area (TPSA) is 87.3 Å². The number of amides is 3. The standard InChI is InChI=1S/C15H21N3O3/c1-3-9-16-14(20)11(2)18-13(19)10-17-15(21)12-7-5-4-6-8-12/h4-8,11H,3,9-10H2,1-2H3,(H,16,20)(H,17,21)(H,18,19)/t11-/m0/s1. The second kappa shape index (κ2) is 8.73. The van der Waals surface area contributed by atoms with Gasteiger partial charge in [-0.2, -0.15) is 0 Å². The smallest absolute Gasteiger partial charge is 0.251 e. The van der Waals surface area contributed by atoms with Crippen molar-refractivity contribution >= 4 is 17.7 Å². The van der Waals surface area contributed by atoms with E-state index in [4.69, 9.17) is 0 Å². The lowest BCUT2D eigenvalue weighted by Gasteiger charge is -2.14. The summed E-state index contributed by atoms with van der Waals surface area (Å²) < 4.78 is 0. The Labute approximate surface area is 124 Å². The summed E-state index contributed by atoms with van der Waals surface area (Å²) in [6.07, 6.45) is 0.833. The number of carbonyl (C=O) groups excluding carboxylic acids is 3. The van der Waals surface area contributed by atoms with Crippen LogP contribution < -0.4 is 16.0 Å². The van der Waals surface area contributed by atoms with Crippen molar-refractivity contribution in [2.45, 2.75) is 26.3 Å². The van der Waals surface area contributed by atoms with E-state index in [1.54, 1.807) is 37.3 Å². The molecule has 1 rings (SSSR count). The maximum Gasteiger partial charge on any atom is 0.251 e. The van der Waals surface area contributed by atoms with Crippen LogP contribution in [-0.4, -0.2) is 36.9 Å². The van der Waals surface area contributed by atoms with Crippen molar-refractivity contribution in [1.29, 1.82) is 0 Å². The van der Waals surface area contributed by atoms with E-state index in [0.717, 1.165) is 6.42 Å². The summed E-state index contributed by atoms with van der Waals surface area (Å²) in [6.45, 7) is 3.95. The summed E-state index contributed by atoms with van der Waals surface area (Å²) in [6, 6.07) is 7.99. The Morgan fingerprint density at radius 3 is 2.38 bits per heavy atom. The average Bonchev–Trinajstić information content (AvgIpc) is 2.50. The molecule has 3 amide bonds. The lowest BCUT2D eigenvalue weighted by Crippen LogP contribution is -2.48. The molecule has 1 aromatic carbocycles. The van der Waals surface area contributed by atoms with Gasteiger partial charge in [0.2, 0.25) is 11.8 Å². The van der Waals surface area contributed by atoms with Gasteiger partial charge in [-0.25, -0.2) is 0 Å². The van der Waals surface area contributed by atoms with E-state index in [9.17, 15) is 14.4 Å². The number of hydrogen-bond acceptors (Lipinski definition) is 3. The van der Waals surface area contributed by atoms with E-state index >= 15 is 0 Å². The second-order valence-electron chi connectivity index (χ2n) is 4.63. The van der Waals surface area contributed by atoms with Crippen LogP contribution in [0.5, 0.6) is 0 Å². The van der Waals surface area contributed by atoms with Gasteiger partial charge in [0.25, 0.3) is 5.91 Å². The molecule has 1 aromatic rings. The molecule has 0 saturated heterocycles. The van der Waals surface area contributed by atoms with Crippen LogP contribution >= 0.6 is 0 Å². The lowest BCUT2D eigenvalue weighted by atomic mass is 10.2. The van der Waals surface area contributed by atoms with E-state index in [2.05, 4.69) is 16.0 Å². The van der Waals surface area contributed by atoms with Gasteiger partial charge >= 0.3 is 0 Å². The molecule has 1 atom stereocenters. The molecule has 0 spiro atoms. The zero-order chi connectivity index (χ0) is 15.7. The highest BCUT2D eigenvalue weighted by Crippen LogP contribution is 1.97. The third-order valence-electron chi connectivity index (χ3n) is 2.77. The van der Waals surface area contributed by atoms with E-state index in [1.807, 2.05) is 6.92 Å². The second-order valence-corrected chi connectivity index (χ2v) is 4.63. The molecule has 0 unspecified atom stereocenters. The molecule has 0 bridgehead atoms. The molecule has 0 heterocycles. The van der Waals surface area contributed by atoms with Crippen LogP contribution in [0, 0.1) is 0 Å². The van der Waals surface area contributed by atoms with Crippen molar-refractivity contribution < 1.29 is 14.4 Å². The zero-order valence-corrected chi connectivity index (χ0v) is 12.3. The van der Waals surface area contributed by atoms with Crippen LogP contribution in [0.2, 0.25) is 0 Å². The maximum atomic E-state index is 11.7. The normalized spacial score (nSPS) is 11.3. The van der Waals surface area contributed by atoms with Gasteiger partial charge in [0.05, 0.1) is 6.54 Å². The fourth-order valence-corrected chi connectivity index (χ4v) is 1.61. The van der Waals surface area contributed by atoms with Crippen LogP contribution in [0.25, 0.3) is 0 Å². The number of rotatable bonds is 7. The van der Waals surface area contributed by atoms with Gasteiger partial charge in [0, 0.05) is 12.1 Å². The van der Waals surface area contributed by atoms with Gasteiger partial charge in [-0.3, -0.25) is 14.4 Å². The molecule has 3 N–H and O–H groups in total. The summed E-state index contributed by atoms with van der Waals surface area (Å²) >= 11 is 0. The quantitative estimate of drug-likeness (QED) is 0.681. The molecule has 0 aliphatic rings. The largest absolute Gasteiger partial charge is 0.354 e. The summed E-state index contributed by atoms with van der Waals surface area (Å²) in [7, 11) is 0. The number of nitrogens with one attached hydrogen (secondary N) is 3. The van der Waals surface area contributed by atoms with Gasteiger partial charge in [0.1, 0.15) is 6.04 Å². The van der Waals surface area contributed by atoms with Gasteiger partial charge in [-0.05, 0) is 25.5 Å². The van der Waals surface area contributed by atoms with Crippen LogP contribution in [0.15, 0.2) is 30.3 Å². The summed E-state index contributed by atoms with van der Waals surface area (Å²) in [5, 5.41) is 7.72. The van der Waals surface area contributed by atoms with Crippen LogP contribution in [0.3, 0.4) is 0 Å². The molecule has 0 aromatic heterocycles. The first kappa shape index (κ1) is 16.7. The third-order valence-corrected chi connectivity index (χ3v) is 2.77. The highest BCUT2D eigenvalue weighted by Gasteiger charge is 2.15. The molecule has 0 radical (unpaired) electrons. The van der Waals surface area contributed by atoms with Gasteiger partial charge in [0.15, 0.2) is 0 Å². The zero-order valence-electron chi connectivity index (χ0n) is 12.3. The van der Waals surface area contributed by atoms with E-state index in [0.29, 0.717) is 12.1 Å². The van der Waals surface area contributed by atoms with E-state index < -0.39 is 11.9 Å². The Bertz CT molecular complexity index is 488. The number of hydrogen-bond donors (Lipinski definition) is 3. The van der Waals surface area contributed by atoms with Crippen LogP contribution in [0.4, 0.5) is 0 Å². The minimum absolute atomic E-state index is 0.168. The minimum atomic E-state index is -0.627. The predicted molar refractivity (Wildman–Crippen MR) is 79.7 cm³/mol. The van der Waals surface area contributed by atoms with Crippen molar-refractivity contribution in [2.75, 3.05) is 13.1 Å². The Morgan fingerprint density at radius 2 is 1.76 bits per heavy atom. The molecule has 0 aliphatic heterocycles. The predicted octanol–water partition coefficient (Wildman–Crippen LogP) is 0.447. The molecule has 0 saturated carbocycles. The lowest BCUT2D eigenvalue weighted by molar-refractivity contribution is -0.128. The van der Waals surface area contributed by atoms with Gasteiger partial charge < -0.3 is 16.0 Å². The Hall–Kier alpha value is -2.37. The highest BCUT2D eigenvalue weighted by molar-refractivity contribution is 5.97. The van der Waals surface area contributed by atoms with Crippen molar-refractivity contribution in [1.82, 2.24) is 16.0 Å². The van der Waals surface area contributed by atoms with Gasteiger partial charge in [-0.1, -0.05) is 25.1 Å². The van der Waals surface area contributed by atoms with Crippen LogP contribution in [-0.2, 0) is 9.59 Å². The fraction of sp³-hybridized carbons (Fsp3) is 0.400. The molecular weight excluding hydrogens is 270 g/mol. The molecule has 0 fully saturated rings. The minimum Gasteiger partial charge on any atom is -0.354 e. The van der Waals surface area contributed by atoms with Gasteiger partial charge in [-0.15, -0.1) is 0 Å². The molecular formula is C15H21N3O3. The maximum absolute atomic E-state index is 11.7. The van der Waals surface area contributed by atoms with Crippen molar-refractivity contribution in [3.8, 4) is 0 Å². The third kappa shape index (κ3) is 6.07. The van der Waals surface area contributed by atoms with Crippen molar-refractivity contribution in [3.05, 3.63) is 35.9 Å². The number of carbonyl (C=O) groups is 3.